The van der Waals surface area contributed by atoms with Crippen LogP contribution < -0.4 is 4.90 Å². The van der Waals surface area contributed by atoms with Crippen molar-refractivity contribution < 1.29 is 0 Å². The molecule has 0 N–H and O–H groups in total. The molecule has 3 aromatic carbocycles. The van der Waals surface area contributed by atoms with Crippen molar-refractivity contribution in [1.29, 1.82) is 0 Å². The van der Waals surface area contributed by atoms with Crippen LogP contribution in [-0.2, 0) is 6.42 Å². The highest BCUT2D eigenvalue weighted by atomic mass is 15.1. The summed E-state index contributed by atoms with van der Waals surface area (Å²) in [5, 5.41) is 5.42. The van der Waals surface area contributed by atoms with Crippen molar-refractivity contribution in [3.05, 3.63) is 54.1 Å². The van der Waals surface area contributed by atoms with Gasteiger partial charge >= 0.3 is 0 Å². The first kappa shape index (κ1) is 9.95. The molecule has 88 valence electrons. The van der Waals surface area contributed by atoms with Crippen LogP contribution in [0, 0.1) is 0 Å². The summed E-state index contributed by atoms with van der Waals surface area (Å²) in [6, 6.07) is 17.8. The summed E-state index contributed by atoms with van der Waals surface area (Å²) in [4.78, 5) is 2.36. The lowest BCUT2D eigenvalue weighted by Crippen LogP contribution is -2.12. The van der Waals surface area contributed by atoms with Crippen LogP contribution in [0.25, 0.3) is 21.5 Å². The largest absolute Gasteiger partial charge is 0.374 e. The van der Waals surface area contributed by atoms with Gasteiger partial charge in [0.1, 0.15) is 0 Å². The molecule has 18 heavy (non-hydrogen) atoms. The number of benzene rings is 3. The Bertz CT molecular complexity index is 758. The van der Waals surface area contributed by atoms with E-state index in [1.807, 2.05) is 0 Å². The Labute approximate surface area is 107 Å². The number of fused-ring (bicyclic) bond motifs is 4. The maximum Gasteiger partial charge on any atom is 0.0403 e. The molecule has 1 heterocycles. The van der Waals surface area contributed by atoms with Gasteiger partial charge in [0.25, 0.3) is 0 Å². The van der Waals surface area contributed by atoms with E-state index in [1.54, 1.807) is 0 Å². The summed E-state index contributed by atoms with van der Waals surface area (Å²) >= 11 is 0. The Kier molecular flexibility index (Phi) is 1.93. The molecule has 0 fully saturated rings. The number of hydrogen-bond acceptors (Lipinski definition) is 1. The summed E-state index contributed by atoms with van der Waals surface area (Å²) in [5.74, 6) is 0. The Morgan fingerprint density at radius 3 is 2.67 bits per heavy atom. The molecule has 0 unspecified atom stereocenters. The van der Waals surface area contributed by atoms with Crippen LogP contribution in [0.5, 0.6) is 0 Å². The average molecular weight is 233 g/mol. The first-order valence-corrected chi connectivity index (χ1v) is 6.48. The molecular weight excluding hydrogens is 218 g/mol. The topological polar surface area (TPSA) is 3.24 Å². The maximum atomic E-state index is 2.36. The zero-order valence-electron chi connectivity index (χ0n) is 10.5. The highest BCUT2D eigenvalue weighted by Gasteiger charge is 2.16. The highest BCUT2D eigenvalue weighted by molar-refractivity contribution is 6.09. The molecule has 1 heteroatoms. The molecule has 0 saturated heterocycles. The molecule has 0 atom stereocenters. The van der Waals surface area contributed by atoms with Crippen molar-refractivity contribution in [2.75, 3.05) is 18.5 Å². The van der Waals surface area contributed by atoms with Crippen molar-refractivity contribution in [2.45, 2.75) is 6.42 Å². The summed E-state index contributed by atoms with van der Waals surface area (Å²) in [7, 11) is 2.18. The standard InChI is InChI=1S/C17H15N/c1-18-9-8-14-10-13-7-6-12-4-2-3-5-15(12)16(13)11-17(14)18/h2-7,10-11H,8-9H2,1H3. The average Bonchev–Trinajstić information content (AvgIpc) is 2.78. The van der Waals surface area contributed by atoms with E-state index in [1.165, 1.54) is 39.2 Å². The van der Waals surface area contributed by atoms with Gasteiger partial charge in [-0.15, -0.1) is 0 Å². The molecule has 0 spiro atoms. The van der Waals surface area contributed by atoms with E-state index >= 15 is 0 Å². The van der Waals surface area contributed by atoms with Gasteiger partial charge in [-0.05, 0) is 45.7 Å². The lowest BCUT2D eigenvalue weighted by molar-refractivity contribution is 0.956. The molecule has 0 radical (unpaired) electrons. The van der Waals surface area contributed by atoms with E-state index in [0.717, 1.165) is 6.54 Å². The Balaban J connectivity index is 2.15. The van der Waals surface area contributed by atoms with E-state index in [2.05, 4.69) is 60.5 Å². The minimum Gasteiger partial charge on any atom is -0.374 e. The first-order chi connectivity index (χ1) is 8.83. The predicted molar refractivity (Wildman–Crippen MR) is 78.4 cm³/mol. The van der Waals surface area contributed by atoms with Gasteiger partial charge in [-0.3, -0.25) is 0 Å². The fourth-order valence-corrected chi connectivity index (χ4v) is 3.05. The van der Waals surface area contributed by atoms with Crippen LogP contribution in [0.3, 0.4) is 0 Å². The van der Waals surface area contributed by atoms with E-state index < -0.39 is 0 Å². The molecule has 3 aromatic rings. The van der Waals surface area contributed by atoms with Crippen LogP contribution >= 0.6 is 0 Å². The molecule has 1 aliphatic rings. The van der Waals surface area contributed by atoms with Gasteiger partial charge in [0.2, 0.25) is 0 Å². The summed E-state index contributed by atoms with van der Waals surface area (Å²) in [6.45, 7) is 1.14. The molecule has 0 saturated carbocycles. The van der Waals surface area contributed by atoms with Crippen LogP contribution in [0.2, 0.25) is 0 Å². The van der Waals surface area contributed by atoms with Crippen molar-refractivity contribution >= 4 is 27.2 Å². The van der Waals surface area contributed by atoms with Crippen LogP contribution in [0.15, 0.2) is 48.5 Å². The Morgan fingerprint density at radius 1 is 0.889 bits per heavy atom. The second-order valence-corrected chi connectivity index (χ2v) is 5.16. The number of likely N-dealkylation sites (N-methyl/N-ethyl adjacent to an activating group) is 1. The molecule has 0 aromatic heterocycles. The third-order valence-electron chi connectivity index (χ3n) is 4.07. The van der Waals surface area contributed by atoms with Gasteiger partial charge in [0.05, 0.1) is 0 Å². The minimum absolute atomic E-state index is 1.14. The van der Waals surface area contributed by atoms with Crippen LogP contribution in [0.1, 0.15) is 5.56 Å². The van der Waals surface area contributed by atoms with Gasteiger partial charge in [-0.1, -0.05) is 36.4 Å². The fourth-order valence-electron chi connectivity index (χ4n) is 3.05. The first-order valence-electron chi connectivity index (χ1n) is 6.48. The SMILES string of the molecule is CN1CCc2cc3ccc4ccccc4c3cc21. The monoisotopic (exact) mass is 233 g/mol. The third kappa shape index (κ3) is 1.28. The molecular formula is C17H15N. The van der Waals surface area contributed by atoms with E-state index in [4.69, 9.17) is 0 Å². The minimum atomic E-state index is 1.14. The fraction of sp³-hybridized carbons (Fsp3) is 0.176. The highest BCUT2D eigenvalue weighted by Crippen LogP contribution is 2.34. The maximum absolute atomic E-state index is 2.36. The molecule has 0 bridgehead atoms. The predicted octanol–water partition coefficient (Wildman–Crippen LogP) is 3.99. The van der Waals surface area contributed by atoms with E-state index in [0.29, 0.717) is 0 Å². The smallest absolute Gasteiger partial charge is 0.0403 e. The van der Waals surface area contributed by atoms with E-state index in [9.17, 15) is 0 Å². The van der Waals surface area contributed by atoms with Crippen molar-refractivity contribution in [1.82, 2.24) is 0 Å². The second kappa shape index (κ2) is 3.49. The summed E-state index contributed by atoms with van der Waals surface area (Å²) in [6.07, 6.45) is 1.18. The van der Waals surface area contributed by atoms with Gasteiger partial charge < -0.3 is 4.90 Å². The zero-order chi connectivity index (χ0) is 12.1. The molecule has 4 rings (SSSR count). The lowest BCUT2D eigenvalue weighted by atomic mass is 9.99. The summed E-state index contributed by atoms with van der Waals surface area (Å²) < 4.78 is 0. The number of hydrogen-bond donors (Lipinski definition) is 0. The normalized spacial score (nSPS) is 14.4. The zero-order valence-corrected chi connectivity index (χ0v) is 10.5. The molecule has 1 nitrogen and oxygen atoms in total. The second-order valence-electron chi connectivity index (χ2n) is 5.16. The Hall–Kier alpha value is -2.02. The number of anilines is 1. The van der Waals surface area contributed by atoms with Crippen molar-refractivity contribution in [3.63, 3.8) is 0 Å². The van der Waals surface area contributed by atoms with Gasteiger partial charge in [-0.25, -0.2) is 0 Å². The van der Waals surface area contributed by atoms with Crippen molar-refractivity contribution in [2.24, 2.45) is 0 Å². The van der Waals surface area contributed by atoms with Crippen molar-refractivity contribution in [3.8, 4) is 0 Å². The number of rotatable bonds is 0. The lowest BCUT2D eigenvalue weighted by Gasteiger charge is -2.13. The quantitative estimate of drug-likeness (QED) is 0.531. The van der Waals surface area contributed by atoms with Crippen LogP contribution in [0.4, 0.5) is 5.69 Å². The third-order valence-corrected chi connectivity index (χ3v) is 4.07. The molecule has 0 amide bonds. The van der Waals surface area contributed by atoms with E-state index in [-0.39, 0.29) is 0 Å². The van der Waals surface area contributed by atoms with Crippen LogP contribution in [-0.4, -0.2) is 13.6 Å². The molecule has 0 aliphatic carbocycles. The number of nitrogens with zero attached hydrogens (tertiary/aromatic N) is 1. The summed E-state index contributed by atoms with van der Waals surface area (Å²) in [5.41, 5.74) is 2.89. The van der Waals surface area contributed by atoms with Gasteiger partial charge in [0.15, 0.2) is 0 Å². The van der Waals surface area contributed by atoms with Gasteiger partial charge in [-0.2, -0.15) is 0 Å². The van der Waals surface area contributed by atoms with Gasteiger partial charge in [0, 0.05) is 19.3 Å². The molecule has 1 aliphatic heterocycles. The Morgan fingerprint density at radius 2 is 1.72 bits per heavy atom.